The molecule has 2 aromatic rings. The van der Waals surface area contributed by atoms with E-state index in [1.54, 1.807) is 50.5 Å². The normalized spacial score (nSPS) is 16.8. The van der Waals surface area contributed by atoms with Gasteiger partial charge in [-0.25, -0.2) is 22.8 Å². The Morgan fingerprint density at radius 2 is 1.45 bits per heavy atom. The predicted octanol–water partition coefficient (Wildman–Crippen LogP) is 4.59. The van der Waals surface area contributed by atoms with Crippen LogP contribution in [-0.2, 0) is 50.7 Å². The third-order valence-corrected chi connectivity index (χ3v) is 12.3. The smallest absolute Gasteiger partial charge is 0.338 e. The first-order chi connectivity index (χ1) is 26.8. The maximum atomic E-state index is 13.6. The molecule has 0 fully saturated rings. The van der Waals surface area contributed by atoms with Crippen molar-refractivity contribution in [2.75, 3.05) is 42.7 Å². The summed E-state index contributed by atoms with van der Waals surface area (Å²) in [6.07, 6.45) is 5.53. The van der Waals surface area contributed by atoms with Crippen LogP contribution in [0.3, 0.4) is 0 Å². The average Bonchev–Trinajstić information content (AvgIpc) is 3.45. The van der Waals surface area contributed by atoms with Gasteiger partial charge in [0.1, 0.15) is 6.54 Å². The lowest BCUT2D eigenvalue weighted by Crippen LogP contribution is -2.30. The fraction of sp³-hybridized carbons (Fsp3) is 0.474. The zero-order valence-electron chi connectivity index (χ0n) is 33.0. The number of carbonyl (C=O) groups excluding carboxylic acids is 2. The number of carboxylic acids is 1. The fourth-order valence-electron chi connectivity index (χ4n) is 7.42. The topological polar surface area (TPSA) is 262 Å². The second-order valence-corrected chi connectivity index (χ2v) is 19.5. The fourth-order valence-corrected chi connectivity index (χ4v) is 8.92. The van der Waals surface area contributed by atoms with Crippen LogP contribution in [0.4, 0.5) is 11.4 Å². The van der Waals surface area contributed by atoms with E-state index in [1.807, 2.05) is 13.8 Å². The Hall–Kier alpha value is -4.47. The van der Waals surface area contributed by atoms with Gasteiger partial charge in [-0.1, -0.05) is 33.8 Å². The van der Waals surface area contributed by atoms with Crippen LogP contribution >= 0.6 is 0 Å². The molecule has 0 aliphatic carbocycles. The highest BCUT2D eigenvalue weighted by Gasteiger charge is 2.48. The van der Waals surface area contributed by atoms with Crippen molar-refractivity contribution in [3.8, 4) is 0 Å². The van der Waals surface area contributed by atoms with Gasteiger partial charge in [0.05, 0.1) is 61.6 Å². The van der Waals surface area contributed by atoms with Crippen LogP contribution in [0.25, 0.3) is 0 Å². The van der Waals surface area contributed by atoms with Crippen molar-refractivity contribution in [2.24, 2.45) is 0 Å². The Morgan fingerprint density at radius 1 is 0.828 bits per heavy atom. The van der Waals surface area contributed by atoms with Gasteiger partial charge in [0, 0.05) is 53.2 Å². The molecule has 20 heteroatoms. The Balaban J connectivity index is 1.98. The zero-order chi connectivity index (χ0) is 43.6. The second-order valence-electron chi connectivity index (χ2n) is 14.9. The molecule has 2 aliphatic heterocycles. The van der Waals surface area contributed by atoms with Gasteiger partial charge in [-0.3, -0.25) is 9.11 Å². The van der Waals surface area contributed by atoms with Crippen molar-refractivity contribution in [1.82, 2.24) is 0 Å². The lowest BCUT2D eigenvalue weighted by atomic mass is 9.78. The van der Waals surface area contributed by atoms with E-state index in [-0.39, 0.29) is 61.5 Å². The summed E-state index contributed by atoms with van der Waals surface area (Å²) < 4.78 is 115. The van der Waals surface area contributed by atoms with Crippen LogP contribution in [0.2, 0.25) is 0 Å². The molecule has 4 rings (SSSR count). The number of carbonyl (C=O) groups is 3. The summed E-state index contributed by atoms with van der Waals surface area (Å²) in [7, 11) is -14.0. The monoisotopic (exact) mass is 868 g/mol. The van der Waals surface area contributed by atoms with Crippen molar-refractivity contribution < 1.29 is 72.5 Å². The first-order valence-corrected chi connectivity index (χ1v) is 23.0. The maximum absolute atomic E-state index is 13.6. The molecule has 318 valence electrons. The highest BCUT2D eigenvalue weighted by Crippen LogP contribution is 2.51. The lowest BCUT2D eigenvalue weighted by Gasteiger charge is -2.27. The summed E-state index contributed by atoms with van der Waals surface area (Å²) in [5.74, 6) is -4.31. The highest BCUT2D eigenvalue weighted by molar-refractivity contribution is 7.86. The van der Waals surface area contributed by atoms with E-state index in [0.29, 0.717) is 35.5 Å². The van der Waals surface area contributed by atoms with E-state index in [9.17, 15) is 58.4 Å². The van der Waals surface area contributed by atoms with Crippen LogP contribution in [0, 0.1) is 0 Å². The van der Waals surface area contributed by atoms with Gasteiger partial charge in [0.2, 0.25) is 5.69 Å². The number of ether oxygens (including phenoxy) is 2. The molecule has 0 unspecified atom stereocenters. The van der Waals surface area contributed by atoms with Crippen molar-refractivity contribution in [1.29, 1.82) is 0 Å². The summed E-state index contributed by atoms with van der Waals surface area (Å²) in [6, 6.07) is 4.81. The maximum Gasteiger partial charge on any atom is 0.338 e. The molecule has 0 spiro atoms. The molecule has 0 atom stereocenters. The number of carboxylic acid groups (broad SMARTS) is 1. The van der Waals surface area contributed by atoms with Gasteiger partial charge in [0.25, 0.3) is 20.2 Å². The van der Waals surface area contributed by atoms with Gasteiger partial charge < -0.3 is 24.0 Å². The molecule has 0 saturated carbocycles. The van der Waals surface area contributed by atoms with E-state index >= 15 is 0 Å². The average molecular weight is 869 g/mol. The number of esters is 2. The number of hydrogen-bond acceptors (Lipinski definition) is 13. The van der Waals surface area contributed by atoms with Crippen molar-refractivity contribution in [2.45, 2.75) is 83.0 Å². The number of anilines is 1. The molecule has 17 nitrogen and oxygen atoms in total. The van der Waals surface area contributed by atoms with E-state index in [1.165, 1.54) is 17.0 Å². The predicted molar refractivity (Wildman–Crippen MR) is 211 cm³/mol. The highest BCUT2D eigenvalue weighted by atomic mass is 32.2. The Bertz CT molecular complexity index is 2430. The summed E-state index contributed by atoms with van der Waals surface area (Å²) in [5.41, 5.74) is -0.679. The van der Waals surface area contributed by atoms with Crippen molar-refractivity contribution in [3.05, 3.63) is 76.0 Å². The molecule has 0 bridgehead atoms. The summed E-state index contributed by atoms with van der Waals surface area (Å²) >= 11 is 0. The molecular formula is C38H48N2O15S3. The Kier molecular flexibility index (Phi) is 13.9. The summed E-state index contributed by atoms with van der Waals surface area (Å²) in [5, 5.41) is 10.2. The molecular weight excluding hydrogens is 821 g/mol. The van der Waals surface area contributed by atoms with Gasteiger partial charge in [-0.2, -0.15) is 21.4 Å². The number of nitrogens with zero attached hydrogens (tertiary/aromatic N) is 2. The standard InChI is InChI=1S/C38H48N2O15S3/c1-7-16-54-35(43)24-20-27(36(44)55-17-8-2)33-28(21-24)39(14-10-18-56(45,46)47)31(38(33,5)6)13-9-12-30-37(3,4)32-26(34(41)42)22-25(58(51,52)53)23-29(32)40(30)15-11-19-57(48,49)50/h9,12-13,20-23H,7-8,10-11,14-19H2,1-6H3,(H3-,41,42,45,46,47,48,49,50,51,52,53). The Labute approximate surface area is 338 Å². The molecule has 2 heterocycles. The molecule has 0 saturated heterocycles. The third-order valence-electron chi connectivity index (χ3n) is 9.83. The minimum atomic E-state index is -4.91. The van der Waals surface area contributed by atoms with Gasteiger partial charge >= 0.3 is 17.9 Å². The van der Waals surface area contributed by atoms with Gasteiger partial charge in [-0.15, -0.1) is 0 Å². The number of allylic oxidation sites excluding steroid dienone is 4. The number of benzene rings is 2. The van der Waals surface area contributed by atoms with E-state index in [4.69, 9.17) is 9.47 Å². The molecule has 0 aromatic heterocycles. The minimum absolute atomic E-state index is 0.0322. The number of hydrogen-bond donors (Lipinski definition) is 3. The van der Waals surface area contributed by atoms with Crippen LogP contribution in [0.15, 0.2) is 53.1 Å². The summed E-state index contributed by atoms with van der Waals surface area (Å²) in [4.78, 5) is 40.1. The third kappa shape index (κ3) is 10.2. The van der Waals surface area contributed by atoms with Crippen LogP contribution < -0.4 is 4.90 Å². The second kappa shape index (κ2) is 17.4. The SMILES string of the molecule is CCCOC(=O)c1cc(C(=O)OCCC)c2c(c1)[N+](CCCS(=O)(=O)[O-])=C(/C=C/C=C1/N(CCCS(=O)(=O)O)c3cc(S(=O)(=O)O)cc(C(=O)O)c3C1(C)C)C2(C)C. The van der Waals surface area contributed by atoms with Crippen LogP contribution in [-0.4, -0.2) is 110 Å². The van der Waals surface area contributed by atoms with Crippen LogP contribution in [0.1, 0.15) is 109 Å². The number of rotatable bonds is 18. The van der Waals surface area contributed by atoms with Crippen LogP contribution in [0.5, 0.6) is 0 Å². The molecule has 2 aromatic carbocycles. The van der Waals surface area contributed by atoms with Gasteiger partial charge in [-0.05, 0) is 57.4 Å². The summed E-state index contributed by atoms with van der Waals surface area (Å²) in [6.45, 7) is 10.5. The minimum Gasteiger partial charge on any atom is -0.748 e. The molecule has 58 heavy (non-hydrogen) atoms. The first kappa shape index (κ1) is 46.2. The zero-order valence-corrected chi connectivity index (χ0v) is 35.4. The quantitative estimate of drug-likeness (QED) is 0.105. The number of aromatic carboxylic acids is 1. The number of fused-ring (bicyclic) bond motifs is 2. The van der Waals surface area contributed by atoms with E-state index < -0.39 is 81.1 Å². The van der Waals surface area contributed by atoms with E-state index in [0.717, 1.165) is 12.1 Å². The molecule has 3 N–H and O–H groups in total. The lowest BCUT2D eigenvalue weighted by molar-refractivity contribution is -0.437. The van der Waals surface area contributed by atoms with Crippen molar-refractivity contribution >= 4 is 65.3 Å². The van der Waals surface area contributed by atoms with E-state index in [2.05, 4.69) is 0 Å². The largest absolute Gasteiger partial charge is 0.748 e. The van der Waals surface area contributed by atoms with Crippen molar-refractivity contribution in [3.63, 3.8) is 0 Å². The molecule has 0 amide bonds. The molecule has 0 radical (unpaired) electrons. The molecule has 2 aliphatic rings. The van der Waals surface area contributed by atoms with Gasteiger partial charge in [0.15, 0.2) is 5.71 Å². The Morgan fingerprint density at radius 3 is 2.00 bits per heavy atom. The first-order valence-electron chi connectivity index (χ1n) is 18.4.